The average Bonchev–Trinajstić information content (AvgIpc) is 3.60. The molecule has 2 aromatic carbocycles. The summed E-state index contributed by atoms with van der Waals surface area (Å²) < 4.78 is 55.7. The first kappa shape index (κ1) is 31.5. The van der Waals surface area contributed by atoms with Crippen LogP contribution in [0.1, 0.15) is 12.8 Å². The molecular formula is C27H29Cl2N5O6S2. The Morgan fingerprint density at radius 3 is 2.60 bits per heavy atom. The summed E-state index contributed by atoms with van der Waals surface area (Å²) in [5.41, 5.74) is 1.98. The average molecular weight is 655 g/mol. The van der Waals surface area contributed by atoms with Crippen LogP contribution < -0.4 is 15.4 Å². The Labute approximate surface area is 254 Å². The van der Waals surface area contributed by atoms with E-state index in [4.69, 9.17) is 16.3 Å². The molecule has 1 fully saturated rings. The highest BCUT2D eigenvalue weighted by Crippen LogP contribution is 2.36. The van der Waals surface area contributed by atoms with Crippen LogP contribution in [0.5, 0.6) is 11.5 Å². The molecule has 1 amide bonds. The van der Waals surface area contributed by atoms with Crippen molar-refractivity contribution in [2.24, 2.45) is 5.92 Å². The third kappa shape index (κ3) is 8.12. The van der Waals surface area contributed by atoms with Crippen molar-refractivity contribution < 1.29 is 26.4 Å². The van der Waals surface area contributed by atoms with Gasteiger partial charge in [-0.25, -0.2) is 26.8 Å². The molecule has 0 saturated heterocycles. The molecule has 0 spiro atoms. The lowest BCUT2D eigenvalue weighted by Crippen LogP contribution is -2.32. The molecule has 42 heavy (non-hydrogen) atoms. The van der Waals surface area contributed by atoms with E-state index >= 15 is 0 Å². The van der Waals surface area contributed by atoms with E-state index in [1.807, 2.05) is 10.6 Å². The van der Waals surface area contributed by atoms with Crippen molar-refractivity contribution >= 4 is 72.1 Å². The van der Waals surface area contributed by atoms with Gasteiger partial charge in [-0.2, -0.15) is 0 Å². The Kier molecular flexibility index (Phi) is 9.66. The second-order valence-electron chi connectivity index (χ2n) is 9.96. The minimum Gasteiger partial charge on any atom is -0.456 e. The number of rotatable bonds is 12. The van der Waals surface area contributed by atoms with E-state index in [1.54, 1.807) is 42.6 Å². The van der Waals surface area contributed by atoms with Crippen molar-refractivity contribution in [1.29, 1.82) is 0 Å². The van der Waals surface area contributed by atoms with Crippen molar-refractivity contribution in [2.75, 3.05) is 29.6 Å². The zero-order valence-corrected chi connectivity index (χ0v) is 25.7. The fourth-order valence-electron chi connectivity index (χ4n) is 4.26. The first-order valence-corrected chi connectivity index (χ1v) is 16.9. The van der Waals surface area contributed by atoms with Crippen LogP contribution in [0, 0.1) is 5.92 Å². The highest BCUT2D eigenvalue weighted by molar-refractivity contribution is 7.91. The van der Waals surface area contributed by atoms with Gasteiger partial charge in [0.25, 0.3) is 0 Å². The predicted octanol–water partition coefficient (Wildman–Crippen LogP) is 4.39. The number of anilines is 2. The van der Waals surface area contributed by atoms with E-state index < -0.39 is 31.3 Å². The monoisotopic (exact) mass is 653 g/mol. The van der Waals surface area contributed by atoms with Gasteiger partial charge in [0, 0.05) is 31.2 Å². The predicted molar refractivity (Wildman–Crippen MR) is 164 cm³/mol. The van der Waals surface area contributed by atoms with E-state index in [9.17, 15) is 21.6 Å². The molecule has 0 bridgehead atoms. The van der Waals surface area contributed by atoms with Gasteiger partial charge < -0.3 is 19.9 Å². The Morgan fingerprint density at radius 2 is 1.88 bits per heavy atom. The fraction of sp³-hybridized carbons (Fsp3) is 0.296. The van der Waals surface area contributed by atoms with E-state index in [-0.39, 0.29) is 35.5 Å². The zero-order valence-electron chi connectivity index (χ0n) is 22.5. The highest BCUT2D eigenvalue weighted by atomic mass is 35.5. The van der Waals surface area contributed by atoms with Gasteiger partial charge in [-0.15, -0.1) is 12.4 Å². The molecule has 1 aliphatic carbocycles. The second-order valence-corrected chi connectivity index (χ2v) is 14.5. The molecule has 2 heterocycles. The second kappa shape index (κ2) is 12.9. The van der Waals surface area contributed by atoms with Crippen molar-refractivity contribution in [3.8, 4) is 11.5 Å². The number of hydrogen-bond acceptors (Lipinski definition) is 9. The molecule has 11 nitrogen and oxygen atoms in total. The first-order chi connectivity index (χ1) is 19.5. The molecule has 5 rings (SSSR count). The van der Waals surface area contributed by atoms with Crippen LogP contribution in [0.4, 0.5) is 11.5 Å². The molecule has 0 unspecified atom stereocenters. The lowest BCUT2D eigenvalue weighted by atomic mass is 10.3. The topological polar surface area (TPSA) is 149 Å². The minimum atomic E-state index is -3.41. The molecule has 0 radical (unpaired) electrons. The number of carbonyl (C=O) groups is 1. The maximum Gasteiger partial charge on any atom is 0.235 e. The number of aromatic nitrogens is 3. The van der Waals surface area contributed by atoms with Crippen LogP contribution in [0.15, 0.2) is 66.0 Å². The Bertz CT molecular complexity index is 1830. The standard InChI is InChI=1S/C27H28ClN5O6S2.ClH/c1-40(35,36)16-25(34)29-10-12-33-11-9-23-26(33)27(31-17-30-23)32-19-7-8-24(22(28)13-19)39-20-3-2-4-21(14-20)41(37,38)15-18-5-6-18;/h2-4,7-9,11,13-14,17-18H,5-6,10,12,15-16H2,1H3,(H,29,34)(H,30,31,32);1H. The van der Waals surface area contributed by atoms with Crippen molar-refractivity contribution in [1.82, 2.24) is 19.9 Å². The van der Waals surface area contributed by atoms with Crippen LogP contribution in [0.3, 0.4) is 0 Å². The largest absolute Gasteiger partial charge is 0.456 e. The van der Waals surface area contributed by atoms with Crippen molar-refractivity contribution in [3.63, 3.8) is 0 Å². The van der Waals surface area contributed by atoms with E-state index in [2.05, 4.69) is 20.6 Å². The van der Waals surface area contributed by atoms with Gasteiger partial charge in [-0.1, -0.05) is 17.7 Å². The summed E-state index contributed by atoms with van der Waals surface area (Å²) in [6.45, 7) is 0.581. The molecule has 2 aromatic heterocycles. The lowest BCUT2D eigenvalue weighted by molar-refractivity contribution is -0.118. The molecule has 0 aliphatic heterocycles. The third-order valence-corrected chi connectivity index (χ3v) is 9.32. The summed E-state index contributed by atoms with van der Waals surface area (Å²) in [4.78, 5) is 20.7. The summed E-state index contributed by atoms with van der Waals surface area (Å²) in [6.07, 6.45) is 6.13. The molecule has 15 heteroatoms. The van der Waals surface area contributed by atoms with Crippen LogP contribution in [0.2, 0.25) is 5.02 Å². The van der Waals surface area contributed by atoms with Crippen molar-refractivity contribution in [2.45, 2.75) is 24.3 Å². The molecule has 1 aliphatic rings. The van der Waals surface area contributed by atoms with Gasteiger partial charge in [-0.05, 0) is 61.2 Å². The third-order valence-electron chi connectivity index (χ3n) is 6.36. The van der Waals surface area contributed by atoms with Crippen molar-refractivity contribution in [3.05, 3.63) is 66.1 Å². The first-order valence-electron chi connectivity index (χ1n) is 12.8. The van der Waals surface area contributed by atoms with Gasteiger partial charge >= 0.3 is 0 Å². The molecule has 2 N–H and O–H groups in total. The smallest absolute Gasteiger partial charge is 0.235 e. The fourth-order valence-corrected chi connectivity index (χ4v) is 6.79. The quantitative estimate of drug-likeness (QED) is 0.227. The van der Waals surface area contributed by atoms with Gasteiger partial charge in [0.1, 0.15) is 29.1 Å². The summed E-state index contributed by atoms with van der Waals surface area (Å²) in [7, 11) is -6.79. The van der Waals surface area contributed by atoms with Gasteiger partial charge in [-0.3, -0.25) is 4.79 Å². The number of nitrogens with zero attached hydrogens (tertiary/aromatic N) is 3. The molecule has 0 atom stereocenters. The molecule has 224 valence electrons. The summed E-state index contributed by atoms with van der Waals surface area (Å²) in [6, 6.07) is 13.3. The van der Waals surface area contributed by atoms with E-state index in [1.165, 1.54) is 12.4 Å². The van der Waals surface area contributed by atoms with Crippen LogP contribution >= 0.6 is 24.0 Å². The number of ether oxygens (including phenoxy) is 1. The Balaban J connectivity index is 0.00000405. The molecule has 4 aromatic rings. The minimum absolute atomic E-state index is 0. The number of nitrogens with one attached hydrogen (secondary N) is 2. The number of sulfone groups is 2. The highest BCUT2D eigenvalue weighted by Gasteiger charge is 2.29. The molecular weight excluding hydrogens is 625 g/mol. The number of fused-ring (bicyclic) bond motifs is 1. The van der Waals surface area contributed by atoms with Crippen LogP contribution in [-0.2, 0) is 31.0 Å². The maximum atomic E-state index is 12.7. The molecule has 1 saturated carbocycles. The Morgan fingerprint density at radius 1 is 1.10 bits per heavy atom. The number of benzene rings is 2. The van der Waals surface area contributed by atoms with Gasteiger partial charge in [0.05, 0.1) is 21.2 Å². The zero-order chi connectivity index (χ0) is 29.2. The van der Waals surface area contributed by atoms with E-state index in [0.29, 0.717) is 45.6 Å². The number of halogens is 2. The van der Waals surface area contributed by atoms with Gasteiger partial charge in [0.15, 0.2) is 25.5 Å². The van der Waals surface area contributed by atoms with Crippen LogP contribution in [-0.4, -0.2) is 61.6 Å². The summed E-state index contributed by atoms with van der Waals surface area (Å²) in [5.74, 6) is 0.475. The number of amides is 1. The number of carbonyl (C=O) groups excluding carboxylic acids is 1. The van der Waals surface area contributed by atoms with Crippen LogP contribution in [0.25, 0.3) is 11.0 Å². The Hall–Kier alpha value is -3.39. The summed E-state index contributed by atoms with van der Waals surface area (Å²) >= 11 is 6.52. The normalized spacial score (nSPS) is 13.4. The summed E-state index contributed by atoms with van der Waals surface area (Å²) in [5, 5.41) is 6.13. The maximum absolute atomic E-state index is 12.7. The number of hydrogen-bond donors (Lipinski definition) is 2. The van der Waals surface area contributed by atoms with Gasteiger partial charge in [0.2, 0.25) is 5.91 Å². The van der Waals surface area contributed by atoms with E-state index in [0.717, 1.165) is 19.1 Å². The lowest BCUT2D eigenvalue weighted by Gasteiger charge is -2.13. The SMILES string of the molecule is CS(=O)(=O)CC(=O)NCCn1ccc2ncnc(Nc3ccc(Oc4cccc(S(=O)(=O)CC5CC5)c4)c(Cl)c3)c21.Cl.